The van der Waals surface area contributed by atoms with Crippen LogP contribution in [0.3, 0.4) is 0 Å². The molecule has 0 aromatic heterocycles. The second kappa shape index (κ2) is 10.6. The number of benzene rings is 2. The summed E-state index contributed by atoms with van der Waals surface area (Å²) in [4.78, 5) is 19.8. The summed E-state index contributed by atoms with van der Waals surface area (Å²) >= 11 is 0. The van der Waals surface area contributed by atoms with Crippen molar-refractivity contribution in [2.24, 2.45) is 0 Å². The molecule has 158 valence electrons. The Hall–Kier alpha value is -2.43. The van der Waals surface area contributed by atoms with Gasteiger partial charge in [-0.2, -0.15) is 0 Å². The standard InChI is InChI=1S/C26H33N3O/c30-26(29-15-5-2-6-16-29)25-13-7-11-24(21-25)22-28-19-17-27(18-20-28)14-8-12-23-9-3-1-4-10-23/h1,3-4,7-13,21H,2,5-6,14-20,22H2/b12-8+. The van der Waals surface area contributed by atoms with Gasteiger partial charge >= 0.3 is 0 Å². The molecule has 0 N–H and O–H groups in total. The number of hydrogen-bond acceptors (Lipinski definition) is 3. The van der Waals surface area contributed by atoms with Crippen molar-refractivity contribution in [3.63, 3.8) is 0 Å². The molecule has 0 bridgehead atoms. The van der Waals surface area contributed by atoms with Crippen LogP contribution >= 0.6 is 0 Å². The average molecular weight is 404 g/mol. The molecule has 30 heavy (non-hydrogen) atoms. The summed E-state index contributed by atoms with van der Waals surface area (Å²) in [5.74, 6) is 0.201. The van der Waals surface area contributed by atoms with E-state index in [1.807, 2.05) is 17.0 Å². The number of carbonyl (C=O) groups is 1. The number of carbonyl (C=O) groups excluding carboxylic acids is 1. The smallest absolute Gasteiger partial charge is 0.253 e. The van der Waals surface area contributed by atoms with E-state index in [9.17, 15) is 4.79 Å². The second-order valence-electron chi connectivity index (χ2n) is 8.44. The van der Waals surface area contributed by atoms with Crippen molar-refractivity contribution < 1.29 is 4.79 Å². The summed E-state index contributed by atoms with van der Waals surface area (Å²) in [5, 5.41) is 0. The maximum Gasteiger partial charge on any atom is 0.253 e. The molecule has 2 fully saturated rings. The van der Waals surface area contributed by atoms with Gasteiger partial charge in [-0.1, -0.05) is 54.6 Å². The SMILES string of the molecule is O=C(c1cccc(CN2CCN(C/C=C/c3ccccc3)CC2)c1)N1CCCCC1. The minimum absolute atomic E-state index is 0.201. The largest absolute Gasteiger partial charge is 0.339 e. The summed E-state index contributed by atoms with van der Waals surface area (Å²) in [7, 11) is 0. The van der Waals surface area contributed by atoms with Crippen LogP contribution in [0.2, 0.25) is 0 Å². The van der Waals surface area contributed by atoms with Crippen molar-refractivity contribution in [2.45, 2.75) is 25.8 Å². The normalized spacial score (nSPS) is 18.7. The summed E-state index contributed by atoms with van der Waals surface area (Å²) in [5.41, 5.74) is 3.35. The van der Waals surface area contributed by atoms with E-state index in [1.165, 1.54) is 17.5 Å². The van der Waals surface area contributed by atoms with Crippen LogP contribution in [-0.2, 0) is 6.54 Å². The molecule has 1 amide bonds. The first-order valence-corrected chi connectivity index (χ1v) is 11.3. The van der Waals surface area contributed by atoms with Crippen LogP contribution in [0.5, 0.6) is 0 Å². The molecule has 2 heterocycles. The molecule has 0 atom stereocenters. The number of amides is 1. The van der Waals surface area contributed by atoms with Crippen LogP contribution in [0.4, 0.5) is 0 Å². The molecule has 4 heteroatoms. The average Bonchev–Trinajstić information content (AvgIpc) is 2.81. The van der Waals surface area contributed by atoms with Crippen molar-refractivity contribution >= 4 is 12.0 Å². The maximum atomic E-state index is 12.8. The van der Waals surface area contributed by atoms with Gasteiger partial charge in [-0.05, 0) is 42.5 Å². The van der Waals surface area contributed by atoms with E-state index in [0.29, 0.717) is 0 Å². The molecule has 2 aromatic rings. The first-order chi connectivity index (χ1) is 14.8. The number of rotatable bonds is 6. The molecule has 2 aliphatic heterocycles. The van der Waals surface area contributed by atoms with Crippen molar-refractivity contribution in [3.8, 4) is 0 Å². The lowest BCUT2D eigenvalue weighted by Gasteiger charge is -2.34. The molecule has 0 saturated carbocycles. The van der Waals surface area contributed by atoms with Crippen LogP contribution < -0.4 is 0 Å². The van der Waals surface area contributed by atoms with Crippen molar-refractivity contribution in [1.82, 2.24) is 14.7 Å². The van der Waals surface area contributed by atoms with Crippen molar-refractivity contribution in [1.29, 1.82) is 0 Å². The van der Waals surface area contributed by atoms with E-state index >= 15 is 0 Å². The van der Waals surface area contributed by atoms with Crippen LogP contribution in [0, 0.1) is 0 Å². The third-order valence-electron chi connectivity index (χ3n) is 6.16. The Kier molecular flexibility index (Phi) is 7.33. The Labute approximate surface area is 180 Å². The van der Waals surface area contributed by atoms with Crippen molar-refractivity contribution in [2.75, 3.05) is 45.8 Å². The highest BCUT2D eigenvalue weighted by Crippen LogP contribution is 2.16. The fraction of sp³-hybridized carbons (Fsp3) is 0.423. The number of likely N-dealkylation sites (tertiary alicyclic amines) is 1. The van der Waals surface area contributed by atoms with Gasteiger partial charge in [-0.25, -0.2) is 0 Å². The number of nitrogens with zero attached hydrogens (tertiary/aromatic N) is 3. The lowest BCUT2D eigenvalue weighted by atomic mass is 10.1. The molecule has 2 aliphatic rings. The Bertz CT molecular complexity index is 834. The zero-order chi connectivity index (χ0) is 20.6. The highest BCUT2D eigenvalue weighted by atomic mass is 16.2. The monoisotopic (exact) mass is 403 g/mol. The fourth-order valence-corrected chi connectivity index (χ4v) is 4.37. The Balaban J connectivity index is 1.25. The molecule has 2 aromatic carbocycles. The Morgan fingerprint density at radius 2 is 1.53 bits per heavy atom. The zero-order valence-electron chi connectivity index (χ0n) is 17.9. The molecular formula is C26H33N3O. The van der Waals surface area contributed by atoms with E-state index in [4.69, 9.17) is 0 Å². The minimum atomic E-state index is 0.201. The van der Waals surface area contributed by atoms with Gasteiger partial charge in [-0.15, -0.1) is 0 Å². The van der Waals surface area contributed by atoms with E-state index in [2.05, 4.69) is 64.4 Å². The number of hydrogen-bond donors (Lipinski definition) is 0. The number of piperidine rings is 1. The topological polar surface area (TPSA) is 26.8 Å². The van der Waals surface area contributed by atoms with Crippen LogP contribution in [0.15, 0.2) is 60.7 Å². The predicted octanol–water partition coefficient (Wildman–Crippen LogP) is 4.14. The van der Waals surface area contributed by atoms with Gasteiger partial charge in [0.2, 0.25) is 0 Å². The van der Waals surface area contributed by atoms with Gasteiger partial charge in [0.15, 0.2) is 0 Å². The Morgan fingerprint density at radius 1 is 0.800 bits per heavy atom. The summed E-state index contributed by atoms with van der Waals surface area (Å²) in [6.07, 6.45) is 7.99. The molecular weight excluding hydrogens is 370 g/mol. The first kappa shape index (κ1) is 20.8. The van der Waals surface area contributed by atoms with E-state index in [-0.39, 0.29) is 5.91 Å². The summed E-state index contributed by atoms with van der Waals surface area (Å²) in [6.45, 7) is 8.06. The van der Waals surface area contributed by atoms with Gasteiger partial charge in [0, 0.05) is 57.9 Å². The summed E-state index contributed by atoms with van der Waals surface area (Å²) in [6, 6.07) is 18.7. The third-order valence-corrected chi connectivity index (χ3v) is 6.16. The van der Waals surface area contributed by atoms with E-state index in [1.54, 1.807) is 0 Å². The fourth-order valence-electron chi connectivity index (χ4n) is 4.37. The lowest BCUT2D eigenvalue weighted by molar-refractivity contribution is 0.0724. The summed E-state index contributed by atoms with van der Waals surface area (Å²) < 4.78 is 0. The highest BCUT2D eigenvalue weighted by molar-refractivity contribution is 5.94. The molecule has 4 rings (SSSR count). The van der Waals surface area contributed by atoms with Gasteiger partial charge in [0.25, 0.3) is 5.91 Å². The Morgan fingerprint density at radius 3 is 2.30 bits per heavy atom. The molecule has 4 nitrogen and oxygen atoms in total. The molecule has 0 radical (unpaired) electrons. The van der Waals surface area contributed by atoms with Crippen molar-refractivity contribution in [3.05, 3.63) is 77.4 Å². The minimum Gasteiger partial charge on any atom is -0.339 e. The second-order valence-corrected chi connectivity index (χ2v) is 8.44. The predicted molar refractivity (Wildman–Crippen MR) is 123 cm³/mol. The van der Waals surface area contributed by atoms with Gasteiger partial charge in [0.05, 0.1) is 0 Å². The van der Waals surface area contributed by atoms with Gasteiger partial charge in [0.1, 0.15) is 0 Å². The van der Waals surface area contributed by atoms with Crippen LogP contribution in [0.1, 0.15) is 40.7 Å². The van der Waals surface area contributed by atoms with Gasteiger partial charge < -0.3 is 4.90 Å². The highest BCUT2D eigenvalue weighted by Gasteiger charge is 2.19. The molecule has 0 unspecified atom stereocenters. The van der Waals surface area contributed by atoms with Crippen LogP contribution in [-0.4, -0.2) is 66.4 Å². The van der Waals surface area contributed by atoms with Crippen LogP contribution in [0.25, 0.3) is 6.08 Å². The number of piperazine rings is 1. The quantitative estimate of drug-likeness (QED) is 0.725. The molecule has 0 aliphatic carbocycles. The van der Waals surface area contributed by atoms with E-state index < -0.39 is 0 Å². The molecule has 0 spiro atoms. The van der Waals surface area contributed by atoms with E-state index in [0.717, 1.165) is 70.8 Å². The third kappa shape index (κ3) is 5.80. The maximum absolute atomic E-state index is 12.8. The first-order valence-electron chi connectivity index (χ1n) is 11.3. The zero-order valence-corrected chi connectivity index (χ0v) is 17.9. The molecule has 2 saturated heterocycles. The van der Waals surface area contributed by atoms with Gasteiger partial charge in [-0.3, -0.25) is 14.6 Å². The lowest BCUT2D eigenvalue weighted by Crippen LogP contribution is -2.45.